The van der Waals surface area contributed by atoms with E-state index in [4.69, 9.17) is 21.1 Å². The maximum Gasteiger partial charge on any atom is 0.235 e. The van der Waals surface area contributed by atoms with Gasteiger partial charge >= 0.3 is 0 Å². The molecule has 0 saturated carbocycles. The van der Waals surface area contributed by atoms with Crippen LogP contribution in [0.25, 0.3) is 0 Å². The number of ether oxygens (including phenoxy) is 2. The fourth-order valence-electron chi connectivity index (χ4n) is 1.61. The second-order valence-electron chi connectivity index (χ2n) is 3.39. The summed E-state index contributed by atoms with van der Waals surface area (Å²) in [5.41, 5.74) is 1.63. The second-order valence-corrected chi connectivity index (χ2v) is 3.80. The zero-order valence-electron chi connectivity index (χ0n) is 8.75. The normalized spacial score (nSPS) is 13.1. The Kier molecular flexibility index (Phi) is 3.13. The molecule has 1 aromatic rings. The zero-order valence-corrected chi connectivity index (χ0v) is 9.50. The minimum atomic E-state index is 0.210. The number of hydrogen-bond acceptors (Lipinski definition) is 4. The van der Waals surface area contributed by atoms with Crippen LogP contribution in [0.5, 0.6) is 11.5 Å². The number of halogens is 1. The first-order valence-electron chi connectivity index (χ1n) is 4.85. The summed E-state index contributed by atoms with van der Waals surface area (Å²) in [6, 6.07) is 1.72. The lowest BCUT2D eigenvalue weighted by Gasteiger charge is -2.22. The number of rotatable bonds is 2. The SMILES string of the molecule is Cc1c(Cl)cc2c(c1CN=C=O)OCCO2. The molecule has 5 heteroatoms. The number of carbonyl (C=O) groups excluding carboxylic acids is 1. The molecule has 2 rings (SSSR count). The van der Waals surface area contributed by atoms with Crippen LogP contribution in [-0.4, -0.2) is 19.3 Å². The third kappa shape index (κ3) is 1.90. The molecule has 1 aliphatic heterocycles. The van der Waals surface area contributed by atoms with Crippen molar-refractivity contribution in [2.75, 3.05) is 13.2 Å². The predicted octanol–water partition coefficient (Wildman–Crippen LogP) is 2.26. The number of nitrogens with zero attached hydrogens (tertiary/aromatic N) is 1. The van der Waals surface area contributed by atoms with E-state index < -0.39 is 0 Å². The molecule has 0 aliphatic carbocycles. The lowest BCUT2D eigenvalue weighted by atomic mass is 10.1. The standard InChI is InChI=1S/C11H10ClNO3/c1-7-8(5-13-6-14)11-10(4-9(7)12)15-2-3-16-11/h4H,2-3,5H2,1H3. The van der Waals surface area contributed by atoms with Gasteiger partial charge in [-0.3, -0.25) is 0 Å². The Morgan fingerprint density at radius 3 is 3.00 bits per heavy atom. The van der Waals surface area contributed by atoms with Gasteiger partial charge in [0.15, 0.2) is 11.5 Å². The largest absolute Gasteiger partial charge is 0.486 e. The highest BCUT2D eigenvalue weighted by Crippen LogP contribution is 2.39. The maximum atomic E-state index is 10.1. The molecular formula is C11H10ClNO3. The Hall–Kier alpha value is -1.51. The quantitative estimate of drug-likeness (QED) is 0.588. The number of benzene rings is 1. The average molecular weight is 240 g/mol. The molecule has 0 bridgehead atoms. The number of isocyanates is 1. The van der Waals surface area contributed by atoms with Crippen molar-refractivity contribution in [1.29, 1.82) is 0 Å². The molecule has 0 aromatic heterocycles. The van der Waals surface area contributed by atoms with E-state index >= 15 is 0 Å². The van der Waals surface area contributed by atoms with E-state index in [0.717, 1.165) is 11.1 Å². The fourth-order valence-corrected chi connectivity index (χ4v) is 1.83. The highest BCUT2D eigenvalue weighted by molar-refractivity contribution is 6.31. The van der Waals surface area contributed by atoms with Crippen molar-refractivity contribution in [1.82, 2.24) is 0 Å². The third-order valence-electron chi connectivity index (χ3n) is 2.46. The highest BCUT2D eigenvalue weighted by Gasteiger charge is 2.20. The molecular weight excluding hydrogens is 230 g/mol. The molecule has 1 aliphatic rings. The highest BCUT2D eigenvalue weighted by atomic mass is 35.5. The summed E-state index contributed by atoms with van der Waals surface area (Å²) >= 11 is 6.05. The van der Waals surface area contributed by atoms with Crippen molar-refractivity contribution in [2.24, 2.45) is 4.99 Å². The topological polar surface area (TPSA) is 47.9 Å². The summed E-state index contributed by atoms with van der Waals surface area (Å²) < 4.78 is 10.9. The van der Waals surface area contributed by atoms with Crippen LogP contribution in [0.2, 0.25) is 5.02 Å². The summed E-state index contributed by atoms with van der Waals surface area (Å²) in [6.45, 7) is 3.06. The minimum Gasteiger partial charge on any atom is -0.486 e. The van der Waals surface area contributed by atoms with Gasteiger partial charge in [-0.2, -0.15) is 0 Å². The van der Waals surface area contributed by atoms with E-state index in [9.17, 15) is 4.79 Å². The Labute approximate surface area is 97.8 Å². The fraction of sp³-hybridized carbons (Fsp3) is 0.364. The van der Waals surface area contributed by atoms with Crippen LogP contribution in [0.1, 0.15) is 11.1 Å². The molecule has 0 unspecified atom stereocenters. The lowest BCUT2D eigenvalue weighted by molar-refractivity contribution is 0.170. The zero-order chi connectivity index (χ0) is 11.5. The van der Waals surface area contributed by atoms with Gasteiger partial charge in [0.25, 0.3) is 0 Å². The molecule has 1 heterocycles. The minimum absolute atomic E-state index is 0.210. The Morgan fingerprint density at radius 1 is 1.50 bits per heavy atom. The summed E-state index contributed by atoms with van der Waals surface area (Å²) in [5, 5.41) is 0.584. The van der Waals surface area contributed by atoms with Crippen LogP contribution in [0.3, 0.4) is 0 Å². The smallest absolute Gasteiger partial charge is 0.235 e. The van der Waals surface area contributed by atoms with Crippen LogP contribution in [-0.2, 0) is 11.3 Å². The summed E-state index contributed by atoms with van der Waals surface area (Å²) in [4.78, 5) is 13.7. The van der Waals surface area contributed by atoms with Crippen molar-refractivity contribution in [3.8, 4) is 11.5 Å². The molecule has 0 fully saturated rings. The molecule has 1 aromatic carbocycles. The second kappa shape index (κ2) is 4.56. The van der Waals surface area contributed by atoms with Crippen LogP contribution in [0.4, 0.5) is 0 Å². The van der Waals surface area contributed by atoms with Gasteiger partial charge in [-0.05, 0) is 12.5 Å². The first-order valence-corrected chi connectivity index (χ1v) is 5.23. The Morgan fingerprint density at radius 2 is 2.25 bits per heavy atom. The Balaban J connectivity index is 2.53. The van der Waals surface area contributed by atoms with Crippen LogP contribution >= 0.6 is 11.6 Å². The predicted molar refractivity (Wildman–Crippen MR) is 59.0 cm³/mol. The van der Waals surface area contributed by atoms with Crippen LogP contribution in [0, 0.1) is 6.92 Å². The molecule has 0 amide bonds. The van der Waals surface area contributed by atoms with Gasteiger partial charge in [0.2, 0.25) is 6.08 Å². The molecule has 84 valence electrons. The van der Waals surface area contributed by atoms with Crippen molar-refractivity contribution < 1.29 is 14.3 Å². The first kappa shape index (κ1) is 11.0. The van der Waals surface area contributed by atoms with Crippen molar-refractivity contribution in [3.63, 3.8) is 0 Å². The summed E-state index contributed by atoms with van der Waals surface area (Å²) in [5.74, 6) is 1.24. The van der Waals surface area contributed by atoms with Crippen LogP contribution < -0.4 is 9.47 Å². The molecule has 0 N–H and O–H groups in total. The summed E-state index contributed by atoms with van der Waals surface area (Å²) in [6.07, 6.45) is 1.51. The van der Waals surface area contributed by atoms with E-state index in [1.807, 2.05) is 6.92 Å². The van der Waals surface area contributed by atoms with Gasteiger partial charge in [0.05, 0.1) is 6.54 Å². The van der Waals surface area contributed by atoms with Gasteiger partial charge in [-0.25, -0.2) is 9.79 Å². The third-order valence-corrected chi connectivity index (χ3v) is 2.85. The van der Waals surface area contributed by atoms with E-state index in [2.05, 4.69) is 4.99 Å². The van der Waals surface area contributed by atoms with Gasteiger partial charge < -0.3 is 9.47 Å². The molecule has 4 nitrogen and oxygen atoms in total. The molecule has 0 saturated heterocycles. The molecule has 0 spiro atoms. The van der Waals surface area contributed by atoms with E-state index in [-0.39, 0.29) is 6.54 Å². The number of fused-ring (bicyclic) bond motifs is 1. The van der Waals surface area contributed by atoms with Gasteiger partial charge in [0.1, 0.15) is 13.2 Å². The first-order chi connectivity index (χ1) is 7.74. The van der Waals surface area contributed by atoms with Crippen LogP contribution in [0.15, 0.2) is 11.1 Å². The molecule has 0 atom stereocenters. The molecule has 0 radical (unpaired) electrons. The van der Waals surface area contributed by atoms with E-state index in [0.29, 0.717) is 29.7 Å². The summed E-state index contributed by atoms with van der Waals surface area (Å²) in [7, 11) is 0. The van der Waals surface area contributed by atoms with Crippen molar-refractivity contribution >= 4 is 17.7 Å². The van der Waals surface area contributed by atoms with Gasteiger partial charge in [-0.1, -0.05) is 11.6 Å². The van der Waals surface area contributed by atoms with E-state index in [1.54, 1.807) is 6.07 Å². The van der Waals surface area contributed by atoms with Crippen molar-refractivity contribution in [3.05, 3.63) is 22.2 Å². The molecule has 16 heavy (non-hydrogen) atoms. The maximum absolute atomic E-state index is 10.1. The van der Waals surface area contributed by atoms with E-state index in [1.165, 1.54) is 6.08 Å². The van der Waals surface area contributed by atoms with Gasteiger partial charge in [0, 0.05) is 16.7 Å². The number of aliphatic imine (C=N–C) groups is 1. The average Bonchev–Trinajstić information content (AvgIpc) is 2.30. The number of hydrogen-bond donors (Lipinski definition) is 0. The Bertz CT molecular complexity index is 467. The van der Waals surface area contributed by atoms with Crippen molar-refractivity contribution in [2.45, 2.75) is 13.5 Å². The van der Waals surface area contributed by atoms with Gasteiger partial charge in [-0.15, -0.1) is 0 Å². The lowest BCUT2D eigenvalue weighted by Crippen LogP contribution is -2.17. The monoisotopic (exact) mass is 239 g/mol.